The van der Waals surface area contributed by atoms with Crippen LogP contribution in [0.5, 0.6) is 0 Å². The first-order valence-corrected chi connectivity index (χ1v) is 4.14. The van der Waals surface area contributed by atoms with Gasteiger partial charge in [0, 0.05) is 0 Å². The van der Waals surface area contributed by atoms with Crippen LogP contribution in [-0.4, -0.2) is 16.5 Å². The van der Waals surface area contributed by atoms with Gasteiger partial charge >= 0.3 is 5.97 Å². The van der Waals surface area contributed by atoms with Gasteiger partial charge in [0.05, 0.1) is 0 Å². The van der Waals surface area contributed by atoms with E-state index in [0.29, 0.717) is 6.42 Å². The molecule has 0 aromatic heterocycles. The molecule has 0 saturated carbocycles. The minimum absolute atomic E-state index is 0.414. The molecular formula is C8H13ClO2. The van der Waals surface area contributed by atoms with Crippen molar-refractivity contribution in [2.75, 3.05) is 0 Å². The zero-order valence-corrected chi connectivity index (χ0v) is 7.34. The highest BCUT2D eigenvalue weighted by Gasteiger charge is 2.09. The smallest absolute Gasteiger partial charge is 0.321 e. The molecule has 0 spiro atoms. The topological polar surface area (TPSA) is 37.3 Å². The predicted molar refractivity (Wildman–Crippen MR) is 45.9 cm³/mol. The van der Waals surface area contributed by atoms with Crippen molar-refractivity contribution in [1.29, 1.82) is 0 Å². The van der Waals surface area contributed by atoms with Gasteiger partial charge in [0.1, 0.15) is 5.38 Å². The molecule has 0 bridgehead atoms. The molecular weight excluding hydrogens is 164 g/mol. The Labute approximate surface area is 71.9 Å². The molecule has 0 aliphatic heterocycles. The molecule has 1 atom stereocenters. The maximum atomic E-state index is 10.2. The molecule has 0 rings (SSSR count). The van der Waals surface area contributed by atoms with Crippen molar-refractivity contribution in [3.8, 4) is 0 Å². The number of carboxylic acid groups (broad SMARTS) is 1. The van der Waals surface area contributed by atoms with Gasteiger partial charge in [0.15, 0.2) is 0 Å². The molecule has 1 N–H and O–H groups in total. The molecule has 0 aromatic rings. The summed E-state index contributed by atoms with van der Waals surface area (Å²) in [7, 11) is 0. The van der Waals surface area contributed by atoms with Gasteiger partial charge in [-0.05, 0) is 12.8 Å². The van der Waals surface area contributed by atoms with Gasteiger partial charge in [-0.1, -0.05) is 25.5 Å². The summed E-state index contributed by atoms with van der Waals surface area (Å²) in [6.07, 6.45) is 6.25. The second kappa shape index (κ2) is 6.23. The highest BCUT2D eigenvalue weighted by atomic mass is 35.5. The number of carboxylic acids is 1. The van der Waals surface area contributed by atoms with Crippen molar-refractivity contribution >= 4 is 17.6 Å². The maximum Gasteiger partial charge on any atom is 0.321 e. The van der Waals surface area contributed by atoms with Gasteiger partial charge in [0.25, 0.3) is 0 Å². The summed E-state index contributed by atoms with van der Waals surface area (Å²) < 4.78 is 0. The van der Waals surface area contributed by atoms with E-state index in [-0.39, 0.29) is 0 Å². The van der Waals surface area contributed by atoms with Crippen molar-refractivity contribution in [2.45, 2.75) is 31.6 Å². The fourth-order valence-corrected chi connectivity index (χ4v) is 0.704. The highest BCUT2D eigenvalue weighted by molar-refractivity contribution is 6.29. The molecule has 0 aromatic carbocycles. The van der Waals surface area contributed by atoms with Crippen LogP contribution in [0.4, 0.5) is 0 Å². The first kappa shape index (κ1) is 10.5. The molecule has 0 heterocycles. The standard InChI is InChI=1S/C8H13ClO2/c1-2-3-4-5-6-7(9)8(10)11/h4-5,7H,2-3,6H2,1H3,(H,10,11)/b5-4+. The van der Waals surface area contributed by atoms with Crippen molar-refractivity contribution < 1.29 is 9.90 Å². The van der Waals surface area contributed by atoms with Crippen LogP contribution in [0.1, 0.15) is 26.2 Å². The summed E-state index contributed by atoms with van der Waals surface area (Å²) in [4.78, 5) is 10.2. The van der Waals surface area contributed by atoms with Gasteiger partial charge < -0.3 is 5.11 Å². The van der Waals surface area contributed by atoms with Gasteiger partial charge in [-0.25, -0.2) is 0 Å². The van der Waals surface area contributed by atoms with E-state index in [9.17, 15) is 4.79 Å². The van der Waals surface area contributed by atoms with Crippen LogP contribution in [-0.2, 0) is 4.79 Å². The van der Waals surface area contributed by atoms with E-state index in [1.54, 1.807) is 0 Å². The monoisotopic (exact) mass is 176 g/mol. The number of rotatable bonds is 5. The van der Waals surface area contributed by atoms with Crippen LogP contribution in [0.15, 0.2) is 12.2 Å². The van der Waals surface area contributed by atoms with Gasteiger partial charge in [-0.15, -0.1) is 11.6 Å². The largest absolute Gasteiger partial charge is 0.480 e. The molecule has 0 saturated heterocycles. The van der Waals surface area contributed by atoms with Crippen LogP contribution in [0.3, 0.4) is 0 Å². The van der Waals surface area contributed by atoms with Gasteiger partial charge in [-0.2, -0.15) is 0 Å². The summed E-state index contributed by atoms with van der Waals surface area (Å²) in [6, 6.07) is 0. The van der Waals surface area contributed by atoms with Crippen LogP contribution in [0.25, 0.3) is 0 Å². The summed E-state index contributed by atoms with van der Waals surface area (Å²) in [5.41, 5.74) is 0. The zero-order chi connectivity index (χ0) is 8.69. The number of halogens is 1. The quantitative estimate of drug-likeness (QED) is 0.516. The van der Waals surface area contributed by atoms with Gasteiger partial charge in [0.2, 0.25) is 0 Å². The average Bonchev–Trinajstić information content (AvgIpc) is 1.97. The molecule has 0 aliphatic rings. The Kier molecular flexibility index (Phi) is 5.94. The third-order valence-corrected chi connectivity index (χ3v) is 1.60. The fraction of sp³-hybridized carbons (Fsp3) is 0.625. The molecule has 0 fully saturated rings. The normalized spacial score (nSPS) is 13.6. The van der Waals surface area contributed by atoms with E-state index in [1.165, 1.54) is 0 Å². The van der Waals surface area contributed by atoms with Crippen molar-refractivity contribution in [3.05, 3.63) is 12.2 Å². The molecule has 1 unspecified atom stereocenters. The van der Waals surface area contributed by atoms with Crippen molar-refractivity contribution in [1.82, 2.24) is 0 Å². The Morgan fingerprint density at radius 3 is 2.73 bits per heavy atom. The van der Waals surface area contributed by atoms with E-state index in [0.717, 1.165) is 12.8 Å². The highest BCUT2D eigenvalue weighted by Crippen LogP contribution is 2.03. The van der Waals surface area contributed by atoms with E-state index in [1.807, 2.05) is 12.2 Å². The first-order chi connectivity index (χ1) is 5.18. The fourth-order valence-electron chi connectivity index (χ4n) is 0.601. The third-order valence-electron chi connectivity index (χ3n) is 1.23. The third kappa shape index (κ3) is 5.92. The Hall–Kier alpha value is -0.500. The zero-order valence-electron chi connectivity index (χ0n) is 6.59. The molecule has 0 aliphatic carbocycles. The number of unbranched alkanes of at least 4 members (excludes halogenated alkanes) is 1. The van der Waals surface area contributed by atoms with Crippen molar-refractivity contribution in [3.63, 3.8) is 0 Å². The van der Waals surface area contributed by atoms with Crippen LogP contribution >= 0.6 is 11.6 Å². The van der Waals surface area contributed by atoms with E-state index >= 15 is 0 Å². The van der Waals surface area contributed by atoms with Crippen LogP contribution in [0, 0.1) is 0 Å². The van der Waals surface area contributed by atoms with Gasteiger partial charge in [-0.3, -0.25) is 4.79 Å². The van der Waals surface area contributed by atoms with E-state index in [4.69, 9.17) is 16.7 Å². The molecule has 0 radical (unpaired) electrons. The maximum absolute atomic E-state index is 10.2. The number of aliphatic carboxylic acids is 1. The lowest BCUT2D eigenvalue weighted by Crippen LogP contribution is -2.11. The minimum atomic E-state index is -0.951. The number of allylic oxidation sites excluding steroid dienone is 2. The lowest BCUT2D eigenvalue weighted by molar-refractivity contribution is -0.136. The first-order valence-electron chi connectivity index (χ1n) is 3.70. The Morgan fingerprint density at radius 1 is 1.64 bits per heavy atom. The number of hydrogen-bond donors (Lipinski definition) is 1. The minimum Gasteiger partial charge on any atom is -0.480 e. The summed E-state index contributed by atoms with van der Waals surface area (Å²) in [5, 5.41) is 7.60. The molecule has 11 heavy (non-hydrogen) atoms. The molecule has 3 heteroatoms. The van der Waals surface area contributed by atoms with Crippen LogP contribution in [0.2, 0.25) is 0 Å². The number of hydrogen-bond acceptors (Lipinski definition) is 1. The number of alkyl halides is 1. The van der Waals surface area contributed by atoms with Crippen molar-refractivity contribution in [2.24, 2.45) is 0 Å². The Balaban J connectivity index is 3.44. The molecule has 0 amide bonds. The summed E-state index contributed by atoms with van der Waals surface area (Å²) in [6.45, 7) is 2.07. The predicted octanol–water partition coefficient (Wildman–Crippen LogP) is 2.42. The summed E-state index contributed by atoms with van der Waals surface area (Å²) >= 11 is 5.44. The van der Waals surface area contributed by atoms with Crippen LogP contribution < -0.4 is 0 Å². The molecule has 64 valence electrons. The van der Waals surface area contributed by atoms with E-state index < -0.39 is 11.3 Å². The Morgan fingerprint density at radius 2 is 2.27 bits per heavy atom. The second-order valence-corrected chi connectivity index (χ2v) is 2.83. The second-order valence-electron chi connectivity index (χ2n) is 2.30. The average molecular weight is 177 g/mol. The van der Waals surface area contributed by atoms with E-state index in [2.05, 4.69) is 6.92 Å². The Bertz CT molecular complexity index is 143. The number of carbonyl (C=O) groups is 1. The summed E-state index contributed by atoms with van der Waals surface area (Å²) in [5.74, 6) is -0.951. The molecule has 2 nitrogen and oxygen atoms in total. The lowest BCUT2D eigenvalue weighted by atomic mass is 10.2. The SMILES string of the molecule is CCC/C=C/CC(Cl)C(=O)O. The lowest BCUT2D eigenvalue weighted by Gasteiger charge is -1.96.